The number of esters is 1. The summed E-state index contributed by atoms with van der Waals surface area (Å²) in [5.41, 5.74) is 1.24. The first kappa shape index (κ1) is 22.9. The van der Waals surface area contributed by atoms with E-state index in [4.69, 9.17) is 25.8 Å². The fraction of sp³-hybridized carbons (Fsp3) is 0.167. The summed E-state index contributed by atoms with van der Waals surface area (Å²) in [5.74, 6) is -1.36. The van der Waals surface area contributed by atoms with Crippen LogP contribution in [0.25, 0.3) is 10.1 Å². The van der Waals surface area contributed by atoms with Gasteiger partial charge in [0.1, 0.15) is 29.9 Å². The first-order valence-corrected chi connectivity index (χ1v) is 11.2. The third-order valence-corrected chi connectivity index (χ3v) is 6.09. The molecule has 0 spiro atoms. The van der Waals surface area contributed by atoms with Crippen LogP contribution in [-0.2, 0) is 18.0 Å². The minimum atomic E-state index is -0.929. The number of carbonyl (C=O) groups is 1. The quantitative estimate of drug-likeness (QED) is 0.207. The lowest BCUT2D eigenvalue weighted by molar-refractivity contribution is 0.0528. The largest absolute Gasteiger partial charge is 0.489 e. The Morgan fingerprint density at radius 3 is 2.48 bits per heavy atom. The summed E-state index contributed by atoms with van der Waals surface area (Å²) in [6.07, 6.45) is 1.41. The minimum absolute atomic E-state index is 0.116. The lowest BCUT2D eigenvalue weighted by atomic mass is 10.2. The second kappa shape index (κ2) is 10.1. The third kappa shape index (κ3) is 5.07. The van der Waals surface area contributed by atoms with Crippen molar-refractivity contribution in [3.63, 3.8) is 0 Å². The Morgan fingerprint density at radius 2 is 1.76 bits per heavy atom. The van der Waals surface area contributed by atoms with Gasteiger partial charge in [0.2, 0.25) is 0 Å². The summed E-state index contributed by atoms with van der Waals surface area (Å²) in [6, 6.07) is 10.8. The van der Waals surface area contributed by atoms with Crippen molar-refractivity contribution in [3.05, 3.63) is 87.5 Å². The van der Waals surface area contributed by atoms with E-state index in [1.807, 2.05) is 5.38 Å². The summed E-state index contributed by atoms with van der Waals surface area (Å²) in [5, 5.41) is 2.77. The van der Waals surface area contributed by atoms with E-state index in [9.17, 15) is 13.6 Å². The molecule has 0 bridgehead atoms. The van der Waals surface area contributed by atoms with Gasteiger partial charge < -0.3 is 14.2 Å². The zero-order chi connectivity index (χ0) is 23.4. The van der Waals surface area contributed by atoms with Crippen molar-refractivity contribution in [1.82, 2.24) is 4.98 Å². The Bertz CT molecular complexity index is 1310. The molecule has 0 saturated heterocycles. The molecule has 9 heteroatoms. The van der Waals surface area contributed by atoms with Crippen LogP contribution >= 0.6 is 22.9 Å². The Kier molecular flexibility index (Phi) is 7.05. The molecule has 2 aromatic heterocycles. The topological polar surface area (TPSA) is 57.7 Å². The maximum atomic E-state index is 13.8. The Labute approximate surface area is 197 Å². The molecule has 0 saturated carbocycles. The molecule has 0 radical (unpaired) electrons. The van der Waals surface area contributed by atoms with E-state index in [0.717, 1.165) is 11.6 Å². The molecule has 0 atom stereocenters. The van der Waals surface area contributed by atoms with Gasteiger partial charge in [-0.1, -0.05) is 29.8 Å². The highest BCUT2D eigenvalue weighted by atomic mass is 35.5. The molecular formula is C24H18ClF2NO4S. The highest BCUT2D eigenvalue weighted by molar-refractivity contribution is 7.17. The number of carbonyl (C=O) groups excluding carboxylic acids is 1. The van der Waals surface area contributed by atoms with E-state index in [2.05, 4.69) is 4.98 Å². The van der Waals surface area contributed by atoms with Gasteiger partial charge in [-0.15, -0.1) is 11.3 Å². The Morgan fingerprint density at radius 1 is 1.06 bits per heavy atom. The van der Waals surface area contributed by atoms with Gasteiger partial charge in [0, 0.05) is 28.8 Å². The lowest BCUT2D eigenvalue weighted by Crippen LogP contribution is -2.05. The fourth-order valence-corrected chi connectivity index (χ4v) is 4.53. The summed E-state index contributed by atoms with van der Waals surface area (Å²) in [7, 11) is 0. The maximum Gasteiger partial charge on any atom is 0.341 e. The summed E-state index contributed by atoms with van der Waals surface area (Å²) in [6.45, 7) is 2.04. The molecular weight excluding hydrogens is 472 g/mol. The zero-order valence-corrected chi connectivity index (χ0v) is 19.0. The number of thiophene rings is 1. The van der Waals surface area contributed by atoms with Crippen LogP contribution in [0, 0.1) is 11.6 Å². The van der Waals surface area contributed by atoms with Gasteiger partial charge in [-0.2, -0.15) is 0 Å². The molecule has 0 amide bonds. The molecule has 0 aliphatic carbocycles. The van der Waals surface area contributed by atoms with Gasteiger partial charge >= 0.3 is 5.97 Å². The van der Waals surface area contributed by atoms with Crippen molar-refractivity contribution in [2.75, 3.05) is 6.61 Å². The number of hydrogen-bond acceptors (Lipinski definition) is 6. The van der Waals surface area contributed by atoms with E-state index in [-0.39, 0.29) is 30.5 Å². The number of hydrogen-bond donors (Lipinski definition) is 0. The summed E-state index contributed by atoms with van der Waals surface area (Å²) < 4.78 is 44.4. The van der Waals surface area contributed by atoms with Gasteiger partial charge in [-0.25, -0.2) is 18.6 Å². The highest BCUT2D eigenvalue weighted by Crippen LogP contribution is 2.34. The number of ether oxygens (including phenoxy) is 3. The number of aromatic nitrogens is 1. The van der Waals surface area contributed by atoms with Gasteiger partial charge in [-0.05, 0) is 30.5 Å². The second-order valence-electron chi connectivity index (χ2n) is 6.91. The van der Waals surface area contributed by atoms with Crippen LogP contribution in [-0.4, -0.2) is 17.6 Å². The number of rotatable bonds is 8. The second-order valence-corrected chi connectivity index (χ2v) is 8.15. The van der Waals surface area contributed by atoms with Crippen molar-refractivity contribution in [2.45, 2.75) is 20.1 Å². The molecule has 170 valence electrons. The number of pyridine rings is 1. The van der Waals surface area contributed by atoms with E-state index in [1.165, 1.54) is 29.7 Å². The summed E-state index contributed by atoms with van der Waals surface area (Å²) in [4.78, 5) is 16.3. The predicted molar refractivity (Wildman–Crippen MR) is 122 cm³/mol. The third-order valence-electron chi connectivity index (χ3n) is 4.75. The van der Waals surface area contributed by atoms with Crippen molar-refractivity contribution in [2.24, 2.45) is 0 Å². The lowest BCUT2D eigenvalue weighted by Gasteiger charge is -2.10. The van der Waals surface area contributed by atoms with Crippen LogP contribution in [0.4, 0.5) is 8.78 Å². The molecule has 0 unspecified atom stereocenters. The summed E-state index contributed by atoms with van der Waals surface area (Å²) >= 11 is 7.66. The molecule has 0 N–H and O–H groups in total. The standard InChI is InChI=1S/C24H18ClF2NO4S/c1-2-30-24(29)18-10-28-23(25)20-15(13-33-22(18)20)12-32-17-7-4-6-16(9-17)31-11-14-5-3-8-19(26)21(14)27/h3-10,13H,2,11-12H2,1H3. The number of halogens is 3. The smallest absolute Gasteiger partial charge is 0.341 e. The molecule has 0 fully saturated rings. The van der Waals surface area contributed by atoms with Gasteiger partial charge in [-0.3, -0.25) is 0 Å². The van der Waals surface area contributed by atoms with Gasteiger partial charge in [0.25, 0.3) is 0 Å². The van der Waals surface area contributed by atoms with Crippen LogP contribution in [0.15, 0.2) is 54.0 Å². The van der Waals surface area contributed by atoms with E-state index < -0.39 is 17.6 Å². The molecule has 2 aromatic carbocycles. The Balaban J connectivity index is 1.48. The average molecular weight is 490 g/mol. The molecule has 2 heterocycles. The van der Waals surface area contributed by atoms with Crippen LogP contribution in [0.1, 0.15) is 28.4 Å². The SMILES string of the molecule is CCOC(=O)c1cnc(Cl)c2c(COc3cccc(OCc4cccc(F)c4F)c3)csc12. The fourth-order valence-electron chi connectivity index (χ4n) is 3.16. The van der Waals surface area contributed by atoms with Crippen molar-refractivity contribution < 1.29 is 27.8 Å². The normalized spacial score (nSPS) is 10.9. The highest BCUT2D eigenvalue weighted by Gasteiger charge is 2.19. The van der Waals surface area contributed by atoms with Crippen molar-refractivity contribution in [3.8, 4) is 11.5 Å². The Hall–Kier alpha value is -3.23. The van der Waals surface area contributed by atoms with E-state index in [1.54, 1.807) is 31.2 Å². The zero-order valence-electron chi connectivity index (χ0n) is 17.4. The van der Waals surface area contributed by atoms with Crippen LogP contribution in [0.3, 0.4) is 0 Å². The van der Waals surface area contributed by atoms with Crippen LogP contribution in [0.5, 0.6) is 11.5 Å². The van der Waals surface area contributed by atoms with Gasteiger partial charge in [0.15, 0.2) is 11.6 Å². The van der Waals surface area contributed by atoms with Crippen molar-refractivity contribution in [1.29, 1.82) is 0 Å². The molecule has 4 rings (SSSR count). The average Bonchev–Trinajstić information content (AvgIpc) is 3.24. The first-order valence-electron chi connectivity index (χ1n) is 9.98. The minimum Gasteiger partial charge on any atom is -0.489 e. The number of benzene rings is 2. The molecule has 33 heavy (non-hydrogen) atoms. The van der Waals surface area contributed by atoms with E-state index in [0.29, 0.717) is 27.1 Å². The predicted octanol–water partition coefficient (Wildman–Crippen LogP) is 6.56. The number of nitrogens with zero attached hydrogens (tertiary/aromatic N) is 1. The van der Waals surface area contributed by atoms with Gasteiger partial charge in [0.05, 0.1) is 16.9 Å². The molecule has 4 aromatic rings. The number of fused-ring (bicyclic) bond motifs is 1. The van der Waals surface area contributed by atoms with Crippen LogP contribution in [0.2, 0.25) is 5.15 Å². The van der Waals surface area contributed by atoms with Crippen molar-refractivity contribution >= 4 is 39.0 Å². The first-order chi connectivity index (χ1) is 16.0. The maximum absolute atomic E-state index is 13.8. The monoisotopic (exact) mass is 489 g/mol. The molecule has 5 nitrogen and oxygen atoms in total. The van der Waals surface area contributed by atoms with Crippen LogP contribution < -0.4 is 9.47 Å². The van der Waals surface area contributed by atoms with E-state index >= 15 is 0 Å². The molecule has 0 aliphatic heterocycles. The molecule has 0 aliphatic rings.